The molecule has 0 spiro atoms. The highest BCUT2D eigenvalue weighted by Crippen LogP contribution is 2.43. The molecule has 28 heavy (non-hydrogen) atoms. The topological polar surface area (TPSA) is 75.9 Å². The number of rotatable bonds is 2. The van der Waals surface area contributed by atoms with E-state index in [1.807, 2.05) is 12.1 Å². The lowest BCUT2D eigenvalue weighted by Gasteiger charge is -2.57. The van der Waals surface area contributed by atoms with Crippen molar-refractivity contribution in [1.82, 2.24) is 9.80 Å². The summed E-state index contributed by atoms with van der Waals surface area (Å²) in [6, 6.07) is 7.95. The molecule has 0 unspecified atom stereocenters. The SMILES string of the molecule is Nc1ccccc1C(=O)O[C@H]1CCN2C[C@H]3C[C@H](CN4C(=O)CCC[C@H]34)[C@@H]2C1. The highest BCUT2D eigenvalue weighted by molar-refractivity contribution is 5.95. The van der Waals surface area contributed by atoms with Gasteiger partial charge in [-0.25, -0.2) is 4.79 Å². The third kappa shape index (κ3) is 3.08. The molecule has 0 aromatic heterocycles. The lowest BCUT2D eigenvalue weighted by Crippen LogP contribution is -2.65. The highest BCUT2D eigenvalue weighted by Gasteiger charge is 2.49. The van der Waals surface area contributed by atoms with Gasteiger partial charge in [0.1, 0.15) is 6.10 Å². The van der Waals surface area contributed by atoms with Crippen molar-refractivity contribution < 1.29 is 14.3 Å². The number of benzene rings is 1. The first-order valence-corrected chi connectivity index (χ1v) is 10.7. The van der Waals surface area contributed by atoms with Crippen LogP contribution in [-0.2, 0) is 9.53 Å². The van der Waals surface area contributed by atoms with Crippen molar-refractivity contribution >= 4 is 17.6 Å². The number of para-hydroxylation sites is 1. The molecule has 2 N–H and O–H groups in total. The number of nitrogens with zero attached hydrogens (tertiary/aromatic N) is 2. The van der Waals surface area contributed by atoms with Gasteiger partial charge in [0.15, 0.2) is 0 Å². The average Bonchev–Trinajstić information content (AvgIpc) is 2.70. The lowest BCUT2D eigenvalue weighted by molar-refractivity contribution is -0.150. The molecule has 6 heteroatoms. The molecular formula is C22H29N3O3. The van der Waals surface area contributed by atoms with E-state index >= 15 is 0 Å². The largest absolute Gasteiger partial charge is 0.459 e. The third-order valence-electron chi connectivity index (χ3n) is 7.37. The van der Waals surface area contributed by atoms with E-state index in [-0.39, 0.29) is 12.1 Å². The summed E-state index contributed by atoms with van der Waals surface area (Å²) in [4.78, 5) is 29.8. The van der Waals surface area contributed by atoms with Gasteiger partial charge in [0.2, 0.25) is 5.91 Å². The molecule has 4 saturated heterocycles. The molecule has 1 amide bonds. The van der Waals surface area contributed by atoms with Crippen molar-refractivity contribution in [2.24, 2.45) is 11.8 Å². The maximum Gasteiger partial charge on any atom is 0.340 e. The molecule has 5 atom stereocenters. The normalized spacial score (nSPS) is 35.1. The number of fused-ring (bicyclic) bond motifs is 6. The summed E-state index contributed by atoms with van der Waals surface area (Å²) in [6.45, 7) is 2.94. The molecule has 4 fully saturated rings. The van der Waals surface area contributed by atoms with Crippen LogP contribution >= 0.6 is 0 Å². The monoisotopic (exact) mass is 383 g/mol. The maximum atomic E-state index is 12.6. The number of ether oxygens (including phenoxy) is 1. The summed E-state index contributed by atoms with van der Waals surface area (Å²) >= 11 is 0. The molecule has 150 valence electrons. The van der Waals surface area contributed by atoms with Crippen LogP contribution in [0.1, 0.15) is 48.9 Å². The Morgan fingerprint density at radius 2 is 1.89 bits per heavy atom. The van der Waals surface area contributed by atoms with Gasteiger partial charge in [-0.2, -0.15) is 0 Å². The molecule has 6 nitrogen and oxygen atoms in total. The number of hydrogen-bond donors (Lipinski definition) is 1. The smallest absolute Gasteiger partial charge is 0.340 e. The Kier molecular flexibility index (Phi) is 4.54. The van der Waals surface area contributed by atoms with Gasteiger partial charge in [-0.1, -0.05) is 12.1 Å². The Morgan fingerprint density at radius 1 is 1.07 bits per heavy atom. The fourth-order valence-corrected chi connectivity index (χ4v) is 6.06. The minimum Gasteiger partial charge on any atom is -0.459 e. The van der Waals surface area contributed by atoms with Crippen LogP contribution < -0.4 is 5.73 Å². The summed E-state index contributed by atoms with van der Waals surface area (Å²) in [7, 11) is 0. The number of hydrogen-bond acceptors (Lipinski definition) is 5. The van der Waals surface area contributed by atoms with E-state index < -0.39 is 0 Å². The first kappa shape index (κ1) is 18.0. The number of anilines is 1. The van der Waals surface area contributed by atoms with E-state index in [1.165, 1.54) is 12.8 Å². The Morgan fingerprint density at radius 3 is 2.75 bits per heavy atom. The summed E-state index contributed by atoms with van der Waals surface area (Å²) in [5.74, 6) is 1.14. The first-order valence-electron chi connectivity index (χ1n) is 10.7. The zero-order chi connectivity index (χ0) is 19.3. The second kappa shape index (κ2) is 7.07. The van der Waals surface area contributed by atoms with Gasteiger partial charge in [0.25, 0.3) is 0 Å². The second-order valence-electron chi connectivity index (χ2n) is 8.96. The minimum atomic E-state index is -0.319. The summed E-state index contributed by atoms with van der Waals surface area (Å²) in [6.07, 6.45) is 5.81. The highest BCUT2D eigenvalue weighted by atomic mass is 16.5. The van der Waals surface area contributed by atoms with Crippen LogP contribution in [-0.4, -0.2) is 59.5 Å². The molecule has 0 aliphatic carbocycles. The number of amides is 1. The molecular weight excluding hydrogens is 354 g/mol. The van der Waals surface area contributed by atoms with Gasteiger partial charge >= 0.3 is 5.97 Å². The second-order valence-corrected chi connectivity index (χ2v) is 8.96. The number of nitrogens with two attached hydrogens (primary N) is 1. The minimum absolute atomic E-state index is 0.0697. The number of carbonyl (C=O) groups is 2. The van der Waals surface area contributed by atoms with Crippen molar-refractivity contribution in [2.75, 3.05) is 25.4 Å². The maximum absolute atomic E-state index is 12.6. The molecule has 1 aromatic rings. The molecule has 0 saturated carbocycles. The third-order valence-corrected chi connectivity index (χ3v) is 7.37. The molecule has 4 aliphatic rings. The fourth-order valence-electron chi connectivity index (χ4n) is 6.06. The zero-order valence-electron chi connectivity index (χ0n) is 16.3. The van der Waals surface area contributed by atoms with Crippen LogP contribution in [0.2, 0.25) is 0 Å². The van der Waals surface area contributed by atoms with E-state index in [0.29, 0.717) is 47.5 Å². The Labute approximate surface area is 166 Å². The van der Waals surface area contributed by atoms with Gasteiger partial charge in [-0.15, -0.1) is 0 Å². The van der Waals surface area contributed by atoms with Gasteiger partial charge < -0.3 is 15.4 Å². The van der Waals surface area contributed by atoms with Crippen molar-refractivity contribution in [1.29, 1.82) is 0 Å². The van der Waals surface area contributed by atoms with Crippen LogP contribution in [0.3, 0.4) is 0 Å². The average molecular weight is 383 g/mol. The van der Waals surface area contributed by atoms with E-state index in [1.54, 1.807) is 12.1 Å². The van der Waals surface area contributed by atoms with E-state index in [4.69, 9.17) is 10.5 Å². The molecule has 4 aliphatic heterocycles. The van der Waals surface area contributed by atoms with Crippen molar-refractivity contribution in [2.45, 2.75) is 56.7 Å². The number of nitrogen functional groups attached to an aromatic ring is 1. The molecule has 2 bridgehead atoms. The number of carbonyl (C=O) groups excluding carboxylic acids is 2. The van der Waals surface area contributed by atoms with Crippen molar-refractivity contribution in [3.05, 3.63) is 29.8 Å². The van der Waals surface area contributed by atoms with Crippen LogP contribution in [0.25, 0.3) is 0 Å². The van der Waals surface area contributed by atoms with E-state index in [0.717, 1.165) is 38.9 Å². The molecule has 1 aromatic carbocycles. The van der Waals surface area contributed by atoms with E-state index in [9.17, 15) is 9.59 Å². The molecule has 4 heterocycles. The predicted octanol–water partition coefficient (Wildman–Crippen LogP) is 2.29. The van der Waals surface area contributed by atoms with Crippen LogP contribution in [0.4, 0.5) is 5.69 Å². The molecule has 5 rings (SSSR count). The standard InChI is InChI=1S/C22H29N3O3/c23-18-5-2-1-4-17(18)22(27)28-16-8-9-24-12-14-10-15(20(24)11-16)13-25-19(14)6-3-7-21(25)26/h1-2,4-5,14-16,19-20H,3,6-13,23H2/t14-,15-,16+,19-,20+/m1/s1. The Bertz CT molecular complexity index is 782. The van der Waals surface area contributed by atoms with Gasteiger partial charge in [0.05, 0.1) is 5.56 Å². The van der Waals surface area contributed by atoms with Crippen molar-refractivity contribution in [3.8, 4) is 0 Å². The molecule has 0 radical (unpaired) electrons. The Hall–Kier alpha value is -2.08. The van der Waals surface area contributed by atoms with Crippen molar-refractivity contribution in [3.63, 3.8) is 0 Å². The fraction of sp³-hybridized carbons (Fsp3) is 0.636. The summed E-state index contributed by atoms with van der Waals surface area (Å²) in [5.41, 5.74) is 6.85. The van der Waals surface area contributed by atoms with Gasteiger partial charge in [-0.3, -0.25) is 9.69 Å². The summed E-state index contributed by atoms with van der Waals surface area (Å²) < 4.78 is 5.85. The van der Waals surface area contributed by atoms with Gasteiger partial charge in [0, 0.05) is 50.2 Å². The van der Waals surface area contributed by atoms with Crippen LogP contribution in [0, 0.1) is 11.8 Å². The van der Waals surface area contributed by atoms with E-state index in [2.05, 4.69) is 9.80 Å². The Balaban J connectivity index is 1.27. The van der Waals surface area contributed by atoms with Crippen LogP contribution in [0.15, 0.2) is 24.3 Å². The quantitative estimate of drug-likeness (QED) is 0.626. The van der Waals surface area contributed by atoms with Gasteiger partial charge in [-0.05, 0) is 49.7 Å². The predicted molar refractivity (Wildman–Crippen MR) is 106 cm³/mol. The number of esters is 1. The first-order chi connectivity index (χ1) is 13.6. The summed E-state index contributed by atoms with van der Waals surface area (Å²) in [5, 5.41) is 0. The lowest BCUT2D eigenvalue weighted by atomic mass is 9.70. The zero-order valence-corrected chi connectivity index (χ0v) is 16.3. The number of piperidine rings is 4. The van der Waals surface area contributed by atoms with Crippen LogP contribution in [0.5, 0.6) is 0 Å².